The molecule has 1 aromatic carbocycles. The summed E-state index contributed by atoms with van der Waals surface area (Å²) in [5.74, 6) is 3.82. The summed E-state index contributed by atoms with van der Waals surface area (Å²) < 4.78 is 0. The van der Waals surface area contributed by atoms with Crippen LogP contribution in [0.5, 0.6) is 0 Å². The number of benzene rings is 1. The normalized spacial score (nSPS) is 32.0. The lowest BCUT2D eigenvalue weighted by atomic mass is 9.54. The van der Waals surface area contributed by atoms with Gasteiger partial charge in [0.2, 0.25) is 5.91 Å². The molecule has 1 aliphatic heterocycles. The molecular weight excluding hydrogens is 470 g/mol. The molecule has 4 bridgehead atoms. The number of anilines is 1. The van der Waals surface area contributed by atoms with Gasteiger partial charge in [0, 0.05) is 62.9 Å². The van der Waals surface area contributed by atoms with Crippen molar-refractivity contribution in [3.8, 4) is 0 Å². The Balaban J connectivity index is 1.14. The van der Waals surface area contributed by atoms with Crippen molar-refractivity contribution in [2.24, 2.45) is 23.7 Å². The summed E-state index contributed by atoms with van der Waals surface area (Å²) in [6.07, 6.45) is 11.7. The van der Waals surface area contributed by atoms with Crippen LogP contribution in [-0.2, 0) is 17.9 Å². The van der Waals surface area contributed by atoms with Crippen LogP contribution in [0.2, 0.25) is 0 Å². The highest BCUT2D eigenvalue weighted by molar-refractivity contribution is 5.82. The molecule has 2 atom stereocenters. The van der Waals surface area contributed by atoms with E-state index in [1.807, 2.05) is 18.3 Å². The fourth-order valence-electron chi connectivity index (χ4n) is 8.39. The minimum atomic E-state index is -0.108. The van der Waals surface area contributed by atoms with Gasteiger partial charge >= 0.3 is 0 Å². The van der Waals surface area contributed by atoms with E-state index < -0.39 is 0 Å². The molecule has 0 spiro atoms. The highest BCUT2D eigenvalue weighted by Gasteiger charge is 2.49. The number of nitrogens with zero attached hydrogens (tertiary/aromatic N) is 3. The maximum Gasteiger partial charge on any atom is 0.237 e. The summed E-state index contributed by atoms with van der Waals surface area (Å²) in [4.78, 5) is 22.5. The Bertz CT molecular complexity index is 1040. The van der Waals surface area contributed by atoms with E-state index in [0.29, 0.717) is 18.6 Å². The van der Waals surface area contributed by atoms with E-state index in [9.17, 15) is 4.79 Å². The minimum Gasteiger partial charge on any atom is -0.372 e. The molecule has 38 heavy (non-hydrogen) atoms. The Morgan fingerprint density at radius 2 is 1.66 bits per heavy atom. The van der Waals surface area contributed by atoms with Gasteiger partial charge in [0.05, 0.1) is 6.04 Å². The van der Waals surface area contributed by atoms with Gasteiger partial charge in [-0.05, 0) is 105 Å². The minimum absolute atomic E-state index is 0.108. The fourth-order valence-corrected chi connectivity index (χ4v) is 8.39. The SMILES string of the molecule is CCN(CC)c1ccc(CN2C[C@@H](NC3C4CC5CC(C4)CC3C5)C[C@H]2C(=O)NCc2cccnc2)cc1. The second-order valence-electron chi connectivity index (χ2n) is 12.4. The average molecular weight is 516 g/mol. The smallest absolute Gasteiger partial charge is 0.237 e. The zero-order valence-electron chi connectivity index (χ0n) is 23.2. The van der Waals surface area contributed by atoms with E-state index in [0.717, 1.165) is 61.8 Å². The van der Waals surface area contributed by atoms with E-state index in [4.69, 9.17) is 0 Å². The predicted octanol–water partition coefficient (Wildman–Crippen LogP) is 4.60. The molecule has 2 aromatic rings. The number of hydrogen-bond acceptors (Lipinski definition) is 5. The van der Waals surface area contributed by atoms with Crippen molar-refractivity contribution in [2.45, 2.75) is 83.6 Å². The van der Waals surface area contributed by atoms with Crippen LogP contribution in [0, 0.1) is 23.7 Å². The number of rotatable bonds is 10. The highest BCUT2D eigenvalue weighted by Crippen LogP contribution is 2.54. The number of likely N-dealkylation sites (tertiary alicyclic amines) is 1. The van der Waals surface area contributed by atoms with Crippen LogP contribution in [0.15, 0.2) is 48.8 Å². The van der Waals surface area contributed by atoms with Crippen LogP contribution >= 0.6 is 0 Å². The summed E-state index contributed by atoms with van der Waals surface area (Å²) in [7, 11) is 0. The number of pyridine rings is 1. The second kappa shape index (κ2) is 11.4. The van der Waals surface area contributed by atoms with Gasteiger partial charge in [-0.1, -0.05) is 18.2 Å². The number of hydrogen-bond donors (Lipinski definition) is 2. The quantitative estimate of drug-likeness (QED) is 0.484. The Hall–Kier alpha value is -2.44. The number of amides is 1. The van der Waals surface area contributed by atoms with Crippen LogP contribution in [0.25, 0.3) is 0 Å². The van der Waals surface area contributed by atoms with Gasteiger partial charge in [-0.15, -0.1) is 0 Å². The van der Waals surface area contributed by atoms with E-state index in [-0.39, 0.29) is 11.9 Å². The molecule has 0 radical (unpaired) electrons. The zero-order chi connectivity index (χ0) is 26.1. The van der Waals surface area contributed by atoms with Crippen molar-refractivity contribution >= 4 is 11.6 Å². The van der Waals surface area contributed by atoms with Gasteiger partial charge in [-0.25, -0.2) is 0 Å². The summed E-state index contributed by atoms with van der Waals surface area (Å²) in [5, 5.41) is 7.35. The topological polar surface area (TPSA) is 60.5 Å². The lowest BCUT2D eigenvalue weighted by molar-refractivity contribution is -0.125. The van der Waals surface area contributed by atoms with Gasteiger partial charge in [0.15, 0.2) is 0 Å². The second-order valence-corrected chi connectivity index (χ2v) is 12.4. The van der Waals surface area contributed by atoms with E-state index in [1.165, 1.54) is 43.4 Å². The number of nitrogens with one attached hydrogen (secondary N) is 2. The fraction of sp³-hybridized carbons (Fsp3) is 0.625. The van der Waals surface area contributed by atoms with Crippen LogP contribution in [0.4, 0.5) is 5.69 Å². The van der Waals surface area contributed by atoms with Crippen molar-refractivity contribution in [3.05, 3.63) is 59.9 Å². The summed E-state index contributed by atoms with van der Waals surface area (Å²) in [6, 6.07) is 13.8. The van der Waals surface area contributed by atoms with Crippen molar-refractivity contribution in [1.29, 1.82) is 0 Å². The first-order valence-electron chi connectivity index (χ1n) is 15.1. The molecular formula is C32H45N5O. The molecule has 1 aromatic heterocycles. The molecule has 204 valence electrons. The van der Waals surface area contributed by atoms with Crippen molar-refractivity contribution in [1.82, 2.24) is 20.5 Å². The molecule has 6 nitrogen and oxygen atoms in total. The Morgan fingerprint density at radius 1 is 0.947 bits per heavy atom. The Kier molecular flexibility index (Phi) is 7.71. The maximum atomic E-state index is 13.5. The molecule has 7 rings (SSSR count). The molecule has 6 heteroatoms. The first-order chi connectivity index (χ1) is 18.6. The van der Waals surface area contributed by atoms with Gasteiger partial charge in [-0.2, -0.15) is 0 Å². The Labute approximate surface area is 228 Å². The third-order valence-corrected chi connectivity index (χ3v) is 10.0. The summed E-state index contributed by atoms with van der Waals surface area (Å²) >= 11 is 0. The van der Waals surface area contributed by atoms with Crippen LogP contribution in [0.3, 0.4) is 0 Å². The average Bonchev–Trinajstić information content (AvgIpc) is 3.33. The number of carbonyl (C=O) groups excluding carboxylic acids is 1. The lowest BCUT2D eigenvalue weighted by Gasteiger charge is -2.55. The summed E-state index contributed by atoms with van der Waals surface area (Å²) in [6.45, 7) is 8.70. The van der Waals surface area contributed by atoms with E-state index in [2.05, 4.69) is 63.5 Å². The van der Waals surface area contributed by atoms with Gasteiger partial charge < -0.3 is 15.5 Å². The third kappa shape index (κ3) is 5.48. The first kappa shape index (κ1) is 25.8. The maximum absolute atomic E-state index is 13.5. The van der Waals surface area contributed by atoms with E-state index >= 15 is 0 Å². The van der Waals surface area contributed by atoms with Crippen LogP contribution < -0.4 is 15.5 Å². The molecule has 2 N–H and O–H groups in total. The van der Waals surface area contributed by atoms with Crippen molar-refractivity contribution in [3.63, 3.8) is 0 Å². The third-order valence-electron chi connectivity index (χ3n) is 10.0. The monoisotopic (exact) mass is 515 g/mol. The van der Waals surface area contributed by atoms with E-state index in [1.54, 1.807) is 6.20 Å². The van der Waals surface area contributed by atoms with Gasteiger partial charge in [0.25, 0.3) is 0 Å². The largest absolute Gasteiger partial charge is 0.372 e. The molecule has 4 saturated carbocycles. The molecule has 2 heterocycles. The molecule has 1 amide bonds. The Morgan fingerprint density at radius 3 is 2.29 bits per heavy atom. The number of aromatic nitrogens is 1. The lowest BCUT2D eigenvalue weighted by Crippen LogP contribution is -2.57. The van der Waals surface area contributed by atoms with Crippen LogP contribution in [-0.4, -0.2) is 53.6 Å². The zero-order valence-corrected chi connectivity index (χ0v) is 23.2. The molecule has 4 aliphatic carbocycles. The summed E-state index contributed by atoms with van der Waals surface area (Å²) in [5.41, 5.74) is 3.59. The highest BCUT2D eigenvalue weighted by atomic mass is 16.2. The van der Waals surface area contributed by atoms with Gasteiger partial charge in [-0.3, -0.25) is 14.7 Å². The van der Waals surface area contributed by atoms with Crippen LogP contribution in [0.1, 0.15) is 63.5 Å². The van der Waals surface area contributed by atoms with Gasteiger partial charge in [0.1, 0.15) is 0 Å². The molecule has 5 fully saturated rings. The van der Waals surface area contributed by atoms with Crippen molar-refractivity contribution in [2.75, 3.05) is 24.5 Å². The molecule has 5 aliphatic rings. The standard InChI is InChI=1S/C32H45N5O/c1-3-36(4-2)29-9-7-22(8-10-29)20-37-21-28(17-30(37)32(38)34-19-23-6-5-11-33-18-23)35-31-26-13-24-12-25(15-26)16-27(31)14-24/h5-11,18,24-28,30-31,35H,3-4,12-17,19-21H2,1-2H3,(H,34,38)/t24?,25?,26?,27?,28-,30-,31?/m0/s1. The molecule has 1 saturated heterocycles. The first-order valence-corrected chi connectivity index (χ1v) is 15.1. The van der Waals surface area contributed by atoms with Crippen molar-refractivity contribution < 1.29 is 4.79 Å². The molecule has 0 unspecified atom stereocenters. The number of carbonyl (C=O) groups is 1. The predicted molar refractivity (Wildman–Crippen MR) is 153 cm³/mol.